The number of rotatable bonds is 5. The van der Waals surface area contributed by atoms with Crippen molar-refractivity contribution in [2.24, 2.45) is 0 Å². The molecule has 2 aromatic heterocycles. The number of benzene rings is 1. The number of carbonyl (C=O) groups is 1. The quantitative estimate of drug-likeness (QED) is 0.632. The van der Waals surface area contributed by atoms with Crippen molar-refractivity contribution < 1.29 is 17.9 Å². The second-order valence-electron chi connectivity index (χ2n) is 7.82. The lowest BCUT2D eigenvalue weighted by Gasteiger charge is -2.33. The maximum absolute atomic E-state index is 13.1. The molecule has 2 atom stereocenters. The molecule has 3 aromatic rings. The average molecular weight is 442 g/mol. The van der Waals surface area contributed by atoms with Crippen molar-refractivity contribution in [3.8, 4) is 0 Å². The van der Waals surface area contributed by atoms with E-state index in [0.29, 0.717) is 25.4 Å². The monoisotopic (exact) mass is 441 g/mol. The molecule has 4 heterocycles. The zero-order valence-corrected chi connectivity index (χ0v) is 17.6. The summed E-state index contributed by atoms with van der Waals surface area (Å²) in [6.07, 6.45) is 7.12. The van der Waals surface area contributed by atoms with Gasteiger partial charge in [-0.05, 0) is 48.7 Å². The van der Waals surface area contributed by atoms with Crippen LogP contribution in [0, 0.1) is 0 Å². The summed E-state index contributed by atoms with van der Waals surface area (Å²) in [5.41, 5.74) is 2.29. The van der Waals surface area contributed by atoms with Crippen molar-refractivity contribution in [3.05, 3.63) is 60.6 Å². The third kappa shape index (κ3) is 3.89. The number of carbonyl (C=O) groups excluding carboxylic acids is 1. The van der Waals surface area contributed by atoms with Crippen LogP contribution in [0.1, 0.15) is 18.4 Å². The summed E-state index contributed by atoms with van der Waals surface area (Å²) in [4.78, 5) is 16.7. The Morgan fingerprint density at radius 1 is 1.10 bits per heavy atom. The number of nitrogens with zero attached hydrogens (tertiary/aromatic N) is 3. The van der Waals surface area contributed by atoms with E-state index in [1.165, 1.54) is 12.1 Å². The predicted molar refractivity (Wildman–Crippen MR) is 114 cm³/mol. The Hall–Kier alpha value is -2.95. The highest BCUT2D eigenvalue weighted by Gasteiger charge is 2.44. The van der Waals surface area contributed by atoms with Crippen LogP contribution in [-0.2, 0) is 21.3 Å². The Morgan fingerprint density at radius 2 is 1.84 bits per heavy atom. The summed E-state index contributed by atoms with van der Waals surface area (Å²) >= 11 is 0. The van der Waals surface area contributed by atoms with Gasteiger partial charge in [-0.1, -0.05) is 6.07 Å². The molecule has 162 valence electrons. The van der Waals surface area contributed by atoms with Gasteiger partial charge in [-0.25, -0.2) is 18.2 Å². The Balaban J connectivity index is 1.21. The number of aromatic nitrogens is 2. The number of nitrogens with one attached hydrogen (secondary N) is 2. The number of anilines is 1. The lowest BCUT2D eigenvalue weighted by Crippen LogP contribution is -2.48. The minimum Gasteiger partial charge on any atom is -0.378 e. The van der Waals surface area contributed by atoms with Crippen molar-refractivity contribution in [2.45, 2.75) is 36.4 Å². The summed E-state index contributed by atoms with van der Waals surface area (Å²) in [6.45, 7) is 1.25. The number of sulfonamides is 1. The highest BCUT2D eigenvalue weighted by molar-refractivity contribution is 7.89. The van der Waals surface area contributed by atoms with Crippen LogP contribution in [-0.4, -0.2) is 53.4 Å². The van der Waals surface area contributed by atoms with Crippen LogP contribution in [0.15, 0.2) is 59.9 Å². The number of pyridine rings is 1. The highest BCUT2D eigenvalue weighted by Crippen LogP contribution is 2.34. The van der Waals surface area contributed by atoms with Gasteiger partial charge < -0.3 is 19.8 Å². The third-order valence-electron chi connectivity index (χ3n) is 5.76. The molecule has 2 N–H and O–H groups in total. The summed E-state index contributed by atoms with van der Waals surface area (Å²) in [5.74, 6) is 0. The molecule has 2 bridgehead atoms. The smallest absolute Gasteiger partial charge is 0.319 e. The Labute approximate surface area is 180 Å². The van der Waals surface area contributed by atoms with Crippen LogP contribution < -0.4 is 10.6 Å². The molecular weight excluding hydrogens is 418 g/mol. The highest BCUT2D eigenvalue weighted by atomic mass is 32.2. The van der Waals surface area contributed by atoms with Crippen molar-refractivity contribution in [2.75, 3.05) is 18.5 Å². The minimum absolute atomic E-state index is 0.0890. The van der Waals surface area contributed by atoms with E-state index in [-0.39, 0.29) is 23.0 Å². The van der Waals surface area contributed by atoms with Crippen LogP contribution in [0.3, 0.4) is 0 Å². The molecule has 0 saturated carbocycles. The van der Waals surface area contributed by atoms with E-state index in [2.05, 4.69) is 15.6 Å². The van der Waals surface area contributed by atoms with E-state index in [1.807, 2.05) is 28.9 Å². The molecule has 5 rings (SSSR count). The molecule has 1 aromatic carbocycles. The summed E-state index contributed by atoms with van der Waals surface area (Å²) in [5, 5.41) is 5.53. The number of urea groups is 1. The molecule has 0 aliphatic carbocycles. The van der Waals surface area contributed by atoms with Gasteiger partial charge >= 0.3 is 6.03 Å². The molecule has 2 amide bonds. The van der Waals surface area contributed by atoms with Crippen LogP contribution >= 0.6 is 0 Å². The molecule has 0 spiro atoms. The van der Waals surface area contributed by atoms with Gasteiger partial charge in [0.15, 0.2) is 0 Å². The van der Waals surface area contributed by atoms with Gasteiger partial charge in [-0.2, -0.15) is 4.31 Å². The fraction of sp³-hybridized carbons (Fsp3) is 0.333. The van der Waals surface area contributed by atoms with Crippen molar-refractivity contribution >= 4 is 27.4 Å². The summed E-state index contributed by atoms with van der Waals surface area (Å²) in [7, 11) is -3.58. The van der Waals surface area contributed by atoms with Gasteiger partial charge in [0.25, 0.3) is 0 Å². The zero-order chi connectivity index (χ0) is 21.4. The molecule has 0 radical (unpaired) electrons. The van der Waals surface area contributed by atoms with Crippen molar-refractivity contribution in [1.29, 1.82) is 0 Å². The van der Waals surface area contributed by atoms with E-state index < -0.39 is 10.0 Å². The number of morpholine rings is 1. The van der Waals surface area contributed by atoms with Crippen molar-refractivity contribution in [3.63, 3.8) is 0 Å². The topological polar surface area (TPSA) is 105 Å². The van der Waals surface area contributed by atoms with E-state index in [4.69, 9.17) is 4.74 Å². The molecular formula is C21H23N5O4S. The Kier molecular flexibility index (Phi) is 5.12. The second kappa shape index (κ2) is 7.95. The van der Waals surface area contributed by atoms with E-state index in [9.17, 15) is 13.2 Å². The van der Waals surface area contributed by atoms with Gasteiger partial charge in [0, 0.05) is 42.9 Å². The number of fused-ring (bicyclic) bond motifs is 3. The average Bonchev–Trinajstić information content (AvgIpc) is 3.34. The Morgan fingerprint density at radius 3 is 2.58 bits per heavy atom. The SMILES string of the molecule is O=C(NCc1ccc2nccn2c1)Nc1ccc(S(=O)(=O)N2C3CCC2COC3)cc1. The first-order valence-corrected chi connectivity index (χ1v) is 11.6. The normalized spacial score (nSPS) is 21.3. The predicted octanol–water partition coefficient (Wildman–Crippen LogP) is 2.21. The maximum Gasteiger partial charge on any atom is 0.319 e. The van der Waals surface area contributed by atoms with E-state index in [1.54, 1.807) is 22.6 Å². The van der Waals surface area contributed by atoms with Gasteiger partial charge in [0.2, 0.25) is 10.0 Å². The lowest BCUT2D eigenvalue weighted by molar-refractivity contribution is 0.0269. The molecule has 10 heteroatoms. The molecule has 2 aliphatic heterocycles. The minimum atomic E-state index is -3.58. The number of ether oxygens (including phenoxy) is 1. The van der Waals surface area contributed by atoms with Crippen LogP contribution in [0.25, 0.3) is 5.65 Å². The molecule has 2 unspecified atom stereocenters. The van der Waals surface area contributed by atoms with Gasteiger partial charge in [0.05, 0.1) is 18.1 Å². The first kappa shape index (κ1) is 20.0. The number of imidazole rings is 1. The van der Waals surface area contributed by atoms with Gasteiger partial charge in [-0.15, -0.1) is 0 Å². The first-order chi connectivity index (χ1) is 15.0. The van der Waals surface area contributed by atoms with Crippen LogP contribution in [0.4, 0.5) is 10.5 Å². The second-order valence-corrected chi connectivity index (χ2v) is 9.66. The maximum atomic E-state index is 13.1. The number of hydrogen-bond acceptors (Lipinski definition) is 5. The van der Waals surface area contributed by atoms with E-state index in [0.717, 1.165) is 24.1 Å². The molecule has 2 aliphatic rings. The molecule has 2 fully saturated rings. The molecule has 31 heavy (non-hydrogen) atoms. The van der Waals surface area contributed by atoms with E-state index >= 15 is 0 Å². The van der Waals surface area contributed by atoms with Gasteiger partial charge in [-0.3, -0.25) is 0 Å². The number of hydrogen-bond donors (Lipinski definition) is 2. The molecule has 9 nitrogen and oxygen atoms in total. The fourth-order valence-corrected chi connectivity index (χ4v) is 6.08. The first-order valence-electron chi connectivity index (χ1n) is 10.2. The third-order valence-corrected chi connectivity index (χ3v) is 7.78. The van der Waals surface area contributed by atoms with Gasteiger partial charge in [0.1, 0.15) is 5.65 Å². The van der Waals surface area contributed by atoms with Crippen LogP contribution in [0.2, 0.25) is 0 Å². The summed E-state index contributed by atoms with van der Waals surface area (Å²) < 4.78 is 35.1. The standard InChI is InChI=1S/C21H23N5O4S/c27-21(23-11-15-1-8-20-22-9-10-25(20)12-15)24-16-2-6-19(7-3-16)31(28,29)26-17-4-5-18(26)14-30-13-17/h1-3,6-10,12,17-18H,4-5,11,13-14H2,(H2,23,24,27). The summed E-state index contributed by atoms with van der Waals surface area (Å²) in [6, 6.07) is 9.52. The fourth-order valence-electron chi connectivity index (χ4n) is 4.24. The van der Waals surface area contributed by atoms with Crippen LogP contribution in [0.5, 0.6) is 0 Å². The van der Waals surface area contributed by atoms with Crippen molar-refractivity contribution in [1.82, 2.24) is 19.0 Å². The molecule has 2 saturated heterocycles. The largest absolute Gasteiger partial charge is 0.378 e. The lowest BCUT2D eigenvalue weighted by atomic mass is 10.2. The zero-order valence-electron chi connectivity index (χ0n) is 16.8. The Bertz CT molecular complexity index is 1190. The number of amides is 2.